The molecule has 0 heterocycles. The third kappa shape index (κ3) is 3.07. The second-order valence-corrected chi connectivity index (χ2v) is 6.66. The lowest BCUT2D eigenvalue weighted by Crippen LogP contribution is -2.34. The fraction of sp³-hybridized carbons (Fsp3) is 0.235. The van der Waals surface area contributed by atoms with Crippen molar-refractivity contribution in [1.82, 2.24) is 0 Å². The van der Waals surface area contributed by atoms with Crippen LogP contribution in [0.25, 0.3) is 0 Å². The van der Waals surface area contributed by atoms with Crippen LogP contribution < -0.4 is 5.32 Å². The summed E-state index contributed by atoms with van der Waals surface area (Å²) in [5.41, 5.74) is 2.81. The van der Waals surface area contributed by atoms with E-state index in [2.05, 4.69) is 33.4 Å². The van der Waals surface area contributed by atoms with Gasteiger partial charge < -0.3 is 5.32 Å². The maximum absolute atomic E-state index is 9.18. The van der Waals surface area contributed by atoms with E-state index in [4.69, 9.17) is 11.6 Å². The Balaban J connectivity index is 1.66. The van der Waals surface area contributed by atoms with Crippen molar-refractivity contribution in [3.63, 3.8) is 0 Å². The summed E-state index contributed by atoms with van der Waals surface area (Å²) >= 11 is 9.63. The summed E-state index contributed by atoms with van der Waals surface area (Å²) in [6, 6.07) is 16.4. The van der Waals surface area contributed by atoms with Crippen molar-refractivity contribution in [2.45, 2.75) is 24.8 Å². The molecule has 0 bridgehead atoms. The van der Waals surface area contributed by atoms with Gasteiger partial charge >= 0.3 is 0 Å². The number of benzene rings is 2. The number of rotatable bonds is 3. The van der Waals surface area contributed by atoms with Crippen LogP contribution in [0.5, 0.6) is 0 Å². The normalized spacial score (nSPS) is 20.4. The lowest BCUT2D eigenvalue weighted by Gasteiger charge is -2.37. The second-order valence-electron chi connectivity index (χ2n) is 5.33. The lowest BCUT2D eigenvalue weighted by atomic mass is 9.75. The first kappa shape index (κ1) is 14.4. The van der Waals surface area contributed by atoms with Crippen molar-refractivity contribution in [1.29, 1.82) is 5.26 Å². The summed E-state index contributed by atoms with van der Waals surface area (Å²) in [6.45, 7) is 0. The molecule has 1 aliphatic carbocycles. The number of hydrogen-bond donors (Lipinski definition) is 1. The van der Waals surface area contributed by atoms with Crippen LogP contribution in [0.15, 0.2) is 46.9 Å². The molecule has 0 aromatic heterocycles. The van der Waals surface area contributed by atoms with Crippen LogP contribution in [0.4, 0.5) is 5.69 Å². The van der Waals surface area contributed by atoms with E-state index in [-0.39, 0.29) is 0 Å². The quantitative estimate of drug-likeness (QED) is 0.801. The summed E-state index contributed by atoms with van der Waals surface area (Å²) in [5, 5.41) is 13.5. The zero-order chi connectivity index (χ0) is 14.8. The van der Waals surface area contributed by atoms with Crippen LogP contribution in [0.3, 0.4) is 0 Å². The van der Waals surface area contributed by atoms with Crippen LogP contribution in [-0.4, -0.2) is 6.04 Å². The minimum atomic E-state index is 0.402. The van der Waals surface area contributed by atoms with Crippen molar-refractivity contribution < 1.29 is 0 Å². The number of hydrogen-bond acceptors (Lipinski definition) is 2. The van der Waals surface area contributed by atoms with Gasteiger partial charge in [0.2, 0.25) is 0 Å². The summed E-state index contributed by atoms with van der Waals surface area (Å²) < 4.78 is 0.923. The van der Waals surface area contributed by atoms with E-state index in [9.17, 15) is 5.26 Å². The molecule has 0 amide bonds. The monoisotopic (exact) mass is 360 g/mol. The first-order valence-electron chi connectivity index (χ1n) is 6.88. The van der Waals surface area contributed by atoms with Crippen LogP contribution >= 0.6 is 27.5 Å². The Morgan fingerprint density at radius 3 is 2.67 bits per heavy atom. The van der Waals surface area contributed by atoms with Crippen LogP contribution in [0.2, 0.25) is 5.02 Å². The molecule has 3 rings (SSSR count). The van der Waals surface area contributed by atoms with Crippen molar-refractivity contribution >= 4 is 33.2 Å². The first-order valence-corrected chi connectivity index (χ1v) is 8.05. The largest absolute Gasteiger partial charge is 0.381 e. The van der Waals surface area contributed by atoms with Crippen LogP contribution in [0.1, 0.15) is 29.9 Å². The van der Waals surface area contributed by atoms with Crippen molar-refractivity contribution in [3.05, 3.63) is 63.1 Å². The minimum Gasteiger partial charge on any atom is -0.381 e. The fourth-order valence-electron chi connectivity index (χ4n) is 2.75. The molecule has 2 aromatic rings. The average molecular weight is 362 g/mol. The highest BCUT2D eigenvalue weighted by Crippen LogP contribution is 2.41. The molecule has 106 valence electrons. The van der Waals surface area contributed by atoms with Gasteiger partial charge in [-0.15, -0.1) is 0 Å². The Morgan fingerprint density at radius 1 is 1.19 bits per heavy atom. The Labute approximate surface area is 137 Å². The van der Waals surface area contributed by atoms with Gasteiger partial charge in [-0.25, -0.2) is 0 Å². The second kappa shape index (κ2) is 6.09. The SMILES string of the molecule is N#Cc1cc(Br)ccc1NC1CC(c2ccccc2Cl)C1. The summed E-state index contributed by atoms with van der Waals surface area (Å²) in [6.07, 6.45) is 2.09. The predicted molar refractivity (Wildman–Crippen MR) is 89.7 cm³/mol. The van der Waals surface area contributed by atoms with E-state index < -0.39 is 0 Å². The van der Waals surface area contributed by atoms with Gasteiger partial charge in [0.1, 0.15) is 6.07 Å². The maximum Gasteiger partial charge on any atom is 0.101 e. The van der Waals surface area contributed by atoms with Gasteiger partial charge in [0, 0.05) is 15.5 Å². The molecule has 0 unspecified atom stereocenters. The molecule has 2 aromatic carbocycles. The number of halogens is 2. The Bertz CT molecular complexity index is 702. The molecule has 1 N–H and O–H groups in total. The number of nitriles is 1. The van der Waals surface area contributed by atoms with Gasteiger partial charge in [0.25, 0.3) is 0 Å². The molecule has 0 atom stereocenters. The molecular formula is C17H14BrClN2. The van der Waals surface area contributed by atoms with Crippen LogP contribution in [0, 0.1) is 11.3 Å². The third-order valence-corrected chi connectivity index (χ3v) is 4.78. The van der Waals surface area contributed by atoms with Gasteiger partial charge in [-0.2, -0.15) is 5.26 Å². The maximum atomic E-state index is 9.18. The molecule has 1 aliphatic rings. The van der Waals surface area contributed by atoms with E-state index >= 15 is 0 Å². The Morgan fingerprint density at radius 2 is 1.95 bits per heavy atom. The molecule has 0 spiro atoms. The summed E-state index contributed by atoms with van der Waals surface area (Å²) in [4.78, 5) is 0. The average Bonchev–Trinajstić information content (AvgIpc) is 2.44. The van der Waals surface area contributed by atoms with Gasteiger partial charge in [-0.05, 0) is 48.6 Å². The molecule has 0 radical (unpaired) electrons. The highest BCUT2D eigenvalue weighted by molar-refractivity contribution is 9.10. The molecule has 21 heavy (non-hydrogen) atoms. The van der Waals surface area contributed by atoms with Gasteiger partial charge in [0.05, 0.1) is 11.3 Å². The topological polar surface area (TPSA) is 35.8 Å². The highest BCUT2D eigenvalue weighted by atomic mass is 79.9. The molecular weight excluding hydrogens is 348 g/mol. The zero-order valence-corrected chi connectivity index (χ0v) is 13.7. The Kier molecular flexibility index (Phi) is 4.19. The molecule has 1 saturated carbocycles. The lowest BCUT2D eigenvalue weighted by molar-refractivity contribution is 0.374. The number of anilines is 1. The summed E-state index contributed by atoms with van der Waals surface area (Å²) in [7, 11) is 0. The highest BCUT2D eigenvalue weighted by Gasteiger charge is 2.31. The zero-order valence-electron chi connectivity index (χ0n) is 11.3. The van der Waals surface area contributed by atoms with E-state index in [1.54, 1.807) is 0 Å². The van der Waals surface area contributed by atoms with Gasteiger partial charge in [0.15, 0.2) is 0 Å². The fourth-order valence-corrected chi connectivity index (χ4v) is 3.40. The number of nitrogens with one attached hydrogen (secondary N) is 1. The molecule has 0 aliphatic heterocycles. The van der Waals surface area contributed by atoms with E-state index in [1.807, 2.05) is 36.4 Å². The standard InChI is InChI=1S/C17H14BrClN2/c18-13-5-6-17(12(7-13)10-20)21-14-8-11(9-14)15-3-1-2-4-16(15)19/h1-7,11,14,21H,8-9H2. The molecule has 0 saturated heterocycles. The molecule has 2 nitrogen and oxygen atoms in total. The number of nitrogens with zero attached hydrogens (tertiary/aromatic N) is 1. The Hall–Kier alpha value is -1.50. The van der Waals surface area contributed by atoms with Crippen molar-refractivity contribution in [3.8, 4) is 6.07 Å². The predicted octanol–water partition coefficient (Wildman–Crippen LogP) is 5.33. The van der Waals surface area contributed by atoms with E-state index in [1.165, 1.54) is 5.56 Å². The van der Waals surface area contributed by atoms with Crippen LogP contribution in [-0.2, 0) is 0 Å². The molecule has 1 fully saturated rings. The molecule has 4 heteroatoms. The van der Waals surface area contributed by atoms with Crippen molar-refractivity contribution in [2.24, 2.45) is 0 Å². The van der Waals surface area contributed by atoms with E-state index in [0.717, 1.165) is 28.0 Å². The minimum absolute atomic E-state index is 0.402. The van der Waals surface area contributed by atoms with Crippen molar-refractivity contribution in [2.75, 3.05) is 5.32 Å². The van der Waals surface area contributed by atoms with E-state index in [0.29, 0.717) is 17.5 Å². The smallest absolute Gasteiger partial charge is 0.101 e. The third-order valence-electron chi connectivity index (χ3n) is 3.94. The van der Waals surface area contributed by atoms with Gasteiger partial charge in [-0.1, -0.05) is 45.7 Å². The first-order chi connectivity index (χ1) is 10.2. The summed E-state index contributed by atoms with van der Waals surface area (Å²) in [5.74, 6) is 0.511. The van der Waals surface area contributed by atoms with Gasteiger partial charge in [-0.3, -0.25) is 0 Å².